The van der Waals surface area contributed by atoms with E-state index in [-0.39, 0.29) is 31.1 Å². The minimum Gasteiger partial charge on any atom is -0.462 e. The third kappa shape index (κ3) is 59.2. The van der Waals surface area contributed by atoms with E-state index in [9.17, 15) is 14.4 Å². The maximum Gasteiger partial charge on any atom is 0.306 e. The SMILES string of the molecule is CCCCCCCCCCCCCCCCCCCCCCCCCCCCCC(=O)OCC(COC(=O)CCCCCCCCC)OC(=O)CCCCCCCCCCCCCCCCCCCCC. The van der Waals surface area contributed by atoms with Gasteiger partial charge in [-0.2, -0.15) is 0 Å². The molecule has 71 heavy (non-hydrogen) atoms. The van der Waals surface area contributed by atoms with Crippen molar-refractivity contribution in [3.63, 3.8) is 0 Å². The maximum absolute atomic E-state index is 12.8. The fraction of sp³-hybridized carbons (Fsp3) is 0.954. The summed E-state index contributed by atoms with van der Waals surface area (Å²) < 4.78 is 16.9. The van der Waals surface area contributed by atoms with Crippen LogP contribution < -0.4 is 0 Å². The van der Waals surface area contributed by atoms with E-state index in [0.29, 0.717) is 19.3 Å². The van der Waals surface area contributed by atoms with Crippen molar-refractivity contribution in [1.29, 1.82) is 0 Å². The van der Waals surface area contributed by atoms with Crippen LogP contribution in [0.3, 0.4) is 0 Å². The van der Waals surface area contributed by atoms with Gasteiger partial charge in [0.2, 0.25) is 0 Å². The number of ether oxygens (including phenoxy) is 3. The maximum atomic E-state index is 12.8. The molecular formula is C65H126O6. The van der Waals surface area contributed by atoms with Crippen LogP contribution in [-0.2, 0) is 28.6 Å². The van der Waals surface area contributed by atoms with E-state index in [2.05, 4.69) is 20.8 Å². The van der Waals surface area contributed by atoms with Crippen LogP contribution in [0.15, 0.2) is 0 Å². The van der Waals surface area contributed by atoms with E-state index in [0.717, 1.165) is 57.8 Å². The van der Waals surface area contributed by atoms with Crippen LogP contribution in [0.1, 0.15) is 380 Å². The molecule has 0 fully saturated rings. The second kappa shape index (κ2) is 61.0. The summed E-state index contributed by atoms with van der Waals surface area (Å²) in [5, 5.41) is 0. The molecule has 0 saturated heterocycles. The first-order valence-electron chi connectivity index (χ1n) is 32.5. The molecule has 0 bridgehead atoms. The molecule has 0 aromatic carbocycles. The fourth-order valence-corrected chi connectivity index (χ4v) is 10.2. The van der Waals surface area contributed by atoms with Crippen LogP contribution in [0.25, 0.3) is 0 Å². The normalized spacial score (nSPS) is 11.9. The number of rotatable bonds is 61. The summed E-state index contributed by atoms with van der Waals surface area (Å²) in [7, 11) is 0. The Labute approximate surface area is 444 Å². The highest BCUT2D eigenvalue weighted by Gasteiger charge is 2.19. The van der Waals surface area contributed by atoms with Crippen molar-refractivity contribution in [2.75, 3.05) is 13.2 Å². The number of carbonyl (C=O) groups is 3. The van der Waals surface area contributed by atoms with Gasteiger partial charge in [0.25, 0.3) is 0 Å². The van der Waals surface area contributed by atoms with Gasteiger partial charge >= 0.3 is 17.9 Å². The average Bonchev–Trinajstić information content (AvgIpc) is 3.37. The quantitative estimate of drug-likeness (QED) is 0.0343. The first kappa shape index (κ1) is 69.4. The summed E-state index contributed by atoms with van der Waals surface area (Å²) in [6, 6.07) is 0. The van der Waals surface area contributed by atoms with E-state index < -0.39 is 6.10 Å². The van der Waals surface area contributed by atoms with E-state index in [1.165, 1.54) is 283 Å². The lowest BCUT2D eigenvalue weighted by molar-refractivity contribution is -0.167. The number of esters is 3. The predicted molar refractivity (Wildman–Crippen MR) is 307 cm³/mol. The van der Waals surface area contributed by atoms with Crippen molar-refractivity contribution in [2.45, 2.75) is 386 Å². The zero-order chi connectivity index (χ0) is 51.4. The van der Waals surface area contributed by atoms with Gasteiger partial charge in [0, 0.05) is 19.3 Å². The van der Waals surface area contributed by atoms with Gasteiger partial charge in [-0.25, -0.2) is 0 Å². The van der Waals surface area contributed by atoms with Gasteiger partial charge in [-0.1, -0.05) is 342 Å². The van der Waals surface area contributed by atoms with Crippen molar-refractivity contribution < 1.29 is 28.6 Å². The van der Waals surface area contributed by atoms with Gasteiger partial charge in [-0.3, -0.25) is 14.4 Å². The third-order valence-electron chi connectivity index (χ3n) is 15.1. The smallest absolute Gasteiger partial charge is 0.306 e. The molecule has 0 heterocycles. The van der Waals surface area contributed by atoms with Gasteiger partial charge < -0.3 is 14.2 Å². The fourth-order valence-electron chi connectivity index (χ4n) is 10.2. The molecule has 0 aliphatic carbocycles. The molecule has 0 N–H and O–H groups in total. The van der Waals surface area contributed by atoms with Crippen LogP contribution in [0.5, 0.6) is 0 Å². The first-order chi connectivity index (χ1) is 35.0. The molecule has 0 radical (unpaired) electrons. The molecule has 0 aliphatic heterocycles. The van der Waals surface area contributed by atoms with Gasteiger partial charge in [0.15, 0.2) is 6.10 Å². The Morgan fingerprint density at radius 3 is 0.563 bits per heavy atom. The first-order valence-corrected chi connectivity index (χ1v) is 32.5. The molecule has 1 atom stereocenters. The lowest BCUT2D eigenvalue weighted by atomic mass is 10.0. The van der Waals surface area contributed by atoms with Crippen molar-refractivity contribution in [3.8, 4) is 0 Å². The highest BCUT2D eigenvalue weighted by molar-refractivity contribution is 5.71. The Kier molecular flexibility index (Phi) is 59.6. The van der Waals surface area contributed by atoms with Crippen molar-refractivity contribution in [3.05, 3.63) is 0 Å². The van der Waals surface area contributed by atoms with Crippen LogP contribution in [-0.4, -0.2) is 37.2 Å². The van der Waals surface area contributed by atoms with Crippen LogP contribution in [0, 0.1) is 0 Å². The molecule has 0 aliphatic rings. The Bertz CT molecular complexity index is 1060. The van der Waals surface area contributed by atoms with Crippen LogP contribution in [0.2, 0.25) is 0 Å². The molecule has 1 unspecified atom stereocenters. The average molecular weight is 1000 g/mol. The molecule has 0 amide bonds. The minimum atomic E-state index is -0.761. The predicted octanol–water partition coefficient (Wildman–Crippen LogP) is 21.9. The van der Waals surface area contributed by atoms with Gasteiger partial charge in [-0.15, -0.1) is 0 Å². The molecule has 0 aromatic heterocycles. The van der Waals surface area contributed by atoms with E-state index in [1.807, 2.05) is 0 Å². The Morgan fingerprint density at radius 2 is 0.380 bits per heavy atom. The van der Waals surface area contributed by atoms with Crippen LogP contribution >= 0.6 is 0 Å². The summed E-state index contributed by atoms with van der Waals surface area (Å²) in [5.41, 5.74) is 0. The summed E-state index contributed by atoms with van der Waals surface area (Å²) in [5.74, 6) is -0.837. The molecular weight excluding hydrogens is 877 g/mol. The van der Waals surface area contributed by atoms with Gasteiger partial charge in [0.1, 0.15) is 13.2 Å². The lowest BCUT2D eigenvalue weighted by Crippen LogP contribution is -2.30. The number of hydrogen-bond donors (Lipinski definition) is 0. The second-order valence-corrected chi connectivity index (χ2v) is 22.4. The minimum absolute atomic E-state index is 0.0615. The topological polar surface area (TPSA) is 78.9 Å². The molecule has 422 valence electrons. The largest absolute Gasteiger partial charge is 0.462 e. The van der Waals surface area contributed by atoms with E-state index in [4.69, 9.17) is 14.2 Å². The van der Waals surface area contributed by atoms with Gasteiger partial charge in [-0.05, 0) is 19.3 Å². The highest BCUT2D eigenvalue weighted by atomic mass is 16.6. The third-order valence-corrected chi connectivity index (χ3v) is 15.1. The van der Waals surface area contributed by atoms with E-state index in [1.54, 1.807) is 0 Å². The molecule has 0 saturated carbocycles. The second-order valence-electron chi connectivity index (χ2n) is 22.4. The van der Waals surface area contributed by atoms with Crippen molar-refractivity contribution in [2.24, 2.45) is 0 Å². The molecule has 0 spiro atoms. The summed E-state index contributed by atoms with van der Waals surface area (Å²) in [6.07, 6.45) is 70.1. The number of unbranched alkanes of at least 4 members (excludes halogenated alkanes) is 50. The molecule has 0 rings (SSSR count). The van der Waals surface area contributed by atoms with Gasteiger partial charge in [0.05, 0.1) is 0 Å². The lowest BCUT2D eigenvalue weighted by Gasteiger charge is -2.18. The Hall–Kier alpha value is -1.59. The summed E-state index contributed by atoms with van der Waals surface area (Å²) in [4.78, 5) is 38.1. The number of hydrogen-bond acceptors (Lipinski definition) is 6. The van der Waals surface area contributed by atoms with E-state index >= 15 is 0 Å². The summed E-state index contributed by atoms with van der Waals surface area (Å²) >= 11 is 0. The summed E-state index contributed by atoms with van der Waals surface area (Å²) in [6.45, 7) is 6.68. The molecule has 6 nitrogen and oxygen atoms in total. The molecule has 0 aromatic rings. The van der Waals surface area contributed by atoms with Crippen molar-refractivity contribution >= 4 is 17.9 Å². The highest BCUT2D eigenvalue weighted by Crippen LogP contribution is 2.19. The molecule has 6 heteroatoms. The standard InChI is InChI=1S/C65H126O6/c1-4-7-10-13-16-18-20-22-24-26-28-29-30-31-32-33-34-35-37-38-40-42-44-46-49-52-55-58-64(67)70-61-62(60-69-63(66)57-54-51-48-15-12-9-6-3)71-65(68)59-56-53-50-47-45-43-41-39-36-27-25-23-21-19-17-14-11-8-5-2/h62H,4-61H2,1-3H3. The Morgan fingerprint density at radius 1 is 0.225 bits per heavy atom. The monoisotopic (exact) mass is 1000 g/mol. The van der Waals surface area contributed by atoms with Crippen molar-refractivity contribution in [1.82, 2.24) is 0 Å². The Balaban J connectivity index is 4.01. The zero-order valence-electron chi connectivity index (χ0n) is 48.5. The zero-order valence-corrected chi connectivity index (χ0v) is 48.5. The van der Waals surface area contributed by atoms with Crippen LogP contribution in [0.4, 0.5) is 0 Å². The number of carbonyl (C=O) groups excluding carboxylic acids is 3.